The third-order valence-electron chi connectivity index (χ3n) is 5.30. The number of nitrogens with zero attached hydrogens (tertiary/aromatic N) is 5. The molecule has 0 saturated carbocycles. The summed E-state index contributed by atoms with van der Waals surface area (Å²) in [5.41, 5.74) is 4.55. The fourth-order valence-electron chi connectivity index (χ4n) is 3.80. The van der Waals surface area contributed by atoms with Gasteiger partial charge in [0, 0.05) is 56.0 Å². The first kappa shape index (κ1) is 19.1. The molecule has 0 spiro atoms. The highest BCUT2D eigenvalue weighted by molar-refractivity contribution is 5.99. The standard InChI is InChI=1S/C23H25N5O/c1-17-15-24-10-9-21(17)27-11-6-12-28(14-13-27)23(29)20-16-25-18(2)26-22(20)19-7-4-3-5-8-19/h3-5,7-10,15-16H,6,11-14H2,1-2H3. The number of carbonyl (C=O) groups excluding carboxylic acids is 1. The number of aromatic nitrogens is 3. The van der Waals surface area contributed by atoms with Crippen molar-refractivity contribution < 1.29 is 4.79 Å². The Balaban J connectivity index is 1.57. The highest BCUT2D eigenvalue weighted by Gasteiger charge is 2.24. The molecule has 1 aliphatic heterocycles. The van der Waals surface area contributed by atoms with Gasteiger partial charge >= 0.3 is 0 Å². The van der Waals surface area contributed by atoms with Crippen LogP contribution in [0, 0.1) is 13.8 Å². The third kappa shape index (κ3) is 4.11. The summed E-state index contributed by atoms with van der Waals surface area (Å²) in [6, 6.07) is 11.9. The van der Waals surface area contributed by atoms with E-state index in [-0.39, 0.29) is 5.91 Å². The number of anilines is 1. The van der Waals surface area contributed by atoms with Crippen molar-refractivity contribution in [3.63, 3.8) is 0 Å². The lowest BCUT2D eigenvalue weighted by Gasteiger charge is -2.25. The maximum Gasteiger partial charge on any atom is 0.257 e. The van der Waals surface area contributed by atoms with Gasteiger partial charge in [-0.05, 0) is 31.9 Å². The van der Waals surface area contributed by atoms with Crippen LogP contribution in [0.5, 0.6) is 0 Å². The van der Waals surface area contributed by atoms with E-state index < -0.39 is 0 Å². The van der Waals surface area contributed by atoms with Gasteiger partial charge in [0.2, 0.25) is 0 Å². The summed E-state index contributed by atoms with van der Waals surface area (Å²) in [4.78, 5) is 30.7. The van der Waals surface area contributed by atoms with Crippen LogP contribution in [0.3, 0.4) is 0 Å². The molecule has 4 rings (SSSR count). The van der Waals surface area contributed by atoms with Crippen LogP contribution in [-0.2, 0) is 0 Å². The van der Waals surface area contributed by atoms with Crippen molar-refractivity contribution >= 4 is 11.6 Å². The number of benzene rings is 1. The molecule has 0 atom stereocenters. The van der Waals surface area contributed by atoms with Gasteiger partial charge in [0.1, 0.15) is 5.82 Å². The summed E-state index contributed by atoms with van der Waals surface area (Å²) >= 11 is 0. The van der Waals surface area contributed by atoms with Crippen LogP contribution in [0.15, 0.2) is 55.0 Å². The van der Waals surface area contributed by atoms with E-state index in [1.165, 1.54) is 5.69 Å². The van der Waals surface area contributed by atoms with Gasteiger partial charge in [0.05, 0.1) is 11.3 Å². The Hall–Kier alpha value is -3.28. The molecule has 0 N–H and O–H groups in total. The molecule has 2 aromatic heterocycles. The molecule has 0 radical (unpaired) electrons. The summed E-state index contributed by atoms with van der Waals surface area (Å²) in [5, 5.41) is 0. The molecule has 3 aromatic rings. The van der Waals surface area contributed by atoms with Gasteiger partial charge in [0.15, 0.2) is 0 Å². The van der Waals surface area contributed by atoms with Crippen LogP contribution in [0.1, 0.15) is 28.2 Å². The highest BCUT2D eigenvalue weighted by Crippen LogP contribution is 2.24. The van der Waals surface area contributed by atoms with Gasteiger partial charge in [-0.15, -0.1) is 0 Å². The molecule has 1 saturated heterocycles. The topological polar surface area (TPSA) is 62.2 Å². The molecular formula is C23H25N5O. The minimum absolute atomic E-state index is 0.00264. The number of carbonyl (C=O) groups is 1. The summed E-state index contributed by atoms with van der Waals surface area (Å²) in [7, 11) is 0. The van der Waals surface area contributed by atoms with Crippen molar-refractivity contribution in [2.45, 2.75) is 20.3 Å². The molecule has 29 heavy (non-hydrogen) atoms. The van der Waals surface area contributed by atoms with Gasteiger partial charge < -0.3 is 9.80 Å². The monoisotopic (exact) mass is 387 g/mol. The SMILES string of the molecule is Cc1ncc(C(=O)N2CCCN(c3ccncc3C)CC2)c(-c2ccccc2)n1. The van der Waals surface area contributed by atoms with Crippen molar-refractivity contribution in [3.8, 4) is 11.3 Å². The number of aryl methyl sites for hydroxylation is 2. The van der Waals surface area contributed by atoms with Crippen LogP contribution in [-0.4, -0.2) is 51.9 Å². The van der Waals surface area contributed by atoms with Crippen molar-refractivity contribution in [1.82, 2.24) is 19.9 Å². The van der Waals surface area contributed by atoms with Crippen molar-refractivity contribution in [2.75, 3.05) is 31.1 Å². The molecule has 3 heterocycles. The van der Waals surface area contributed by atoms with Crippen molar-refractivity contribution in [3.05, 3.63) is 71.9 Å². The molecule has 1 amide bonds. The van der Waals surface area contributed by atoms with Gasteiger partial charge in [-0.3, -0.25) is 9.78 Å². The van der Waals surface area contributed by atoms with E-state index in [0.717, 1.165) is 37.2 Å². The smallest absolute Gasteiger partial charge is 0.257 e. The average molecular weight is 387 g/mol. The normalized spacial score (nSPS) is 14.6. The van der Waals surface area contributed by atoms with Crippen molar-refractivity contribution in [1.29, 1.82) is 0 Å². The number of hydrogen-bond donors (Lipinski definition) is 0. The maximum atomic E-state index is 13.4. The molecule has 6 heteroatoms. The molecule has 0 bridgehead atoms. The lowest BCUT2D eigenvalue weighted by Crippen LogP contribution is -2.35. The lowest BCUT2D eigenvalue weighted by atomic mass is 10.1. The quantitative estimate of drug-likeness (QED) is 0.688. The first-order chi connectivity index (χ1) is 14.1. The molecule has 0 unspecified atom stereocenters. The van der Waals surface area contributed by atoms with Crippen LogP contribution in [0.2, 0.25) is 0 Å². The highest BCUT2D eigenvalue weighted by atomic mass is 16.2. The van der Waals surface area contributed by atoms with E-state index in [1.54, 1.807) is 6.20 Å². The zero-order valence-electron chi connectivity index (χ0n) is 16.9. The largest absolute Gasteiger partial charge is 0.369 e. The summed E-state index contributed by atoms with van der Waals surface area (Å²) in [6.07, 6.45) is 6.30. The summed E-state index contributed by atoms with van der Waals surface area (Å²) < 4.78 is 0. The molecule has 148 valence electrons. The van der Waals surface area contributed by atoms with Crippen LogP contribution in [0.25, 0.3) is 11.3 Å². The Morgan fingerprint density at radius 1 is 0.966 bits per heavy atom. The summed E-state index contributed by atoms with van der Waals surface area (Å²) in [5.74, 6) is 0.660. The Labute approximate surface area is 171 Å². The minimum Gasteiger partial charge on any atom is -0.369 e. The second-order valence-electron chi connectivity index (χ2n) is 7.34. The predicted octanol–water partition coefficient (Wildman–Crippen LogP) is 3.51. The van der Waals surface area contributed by atoms with Gasteiger partial charge in [-0.1, -0.05) is 30.3 Å². The van der Waals surface area contributed by atoms with Crippen molar-refractivity contribution in [2.24, 2.45) is 0 Å². The fourth-order valence-corrected chi connectivity index (χ4v) is 3.80. The molecule has 0 aliphatic carbocycles. The van der Waals surface area contributed by atoms with Crippen LogP contribution < -0.4 is 4.90 Å². The second kappa shape index (κ2) is 8.39. The van der Waals surface area contributed by atoms with E-state index in [2.05, 4.69) is 26.8 Å². The second-order valence-corrected chi connectivity index (χ2v) is 7.34. The van der Waals surface area contributed by atoms with Gasteiger partial charge in [0.25, 0.3) is 5.91 Å². The zero-order valence-corrected chi connectivity index (χ0v) is 16.9. The molecule has 1 aromatic carbocycles. The predicted molar refractivity (Wildman–Crippen MR) is 114 cm³/mol. The Morgan fingerprint density at radius 3 is 2.59 bits per heavy atom. The molecule has 6 nitrogen and oxygen atoms in total. The minimum atomic E-state index is -0.00264. The molecular weight excluding hydrogens is 362 g/mol. The van der Waals surface area contributed by atoms with Crippen LogP contribution in [0.4, 0.5) is 5.69 Å². The van der Waals surface area contributed by atoms with Gasteiger partial charge in [-0.25, -0.2) is 9.97 Å². The Bertz CT molecular complexity index is 1010. The fraction of sp³-hybridized carbons (Fsp3) is 0.304. The van der Waals surface area contributed by atoms with E-state index >= 15 is 0 Å². The number of pyridine rings is 1. The Kier molecular flexibility index (Phi) is 5.51. The molecule has 1 aliphatic rings. The maximum absolute atomic E-state index is 13.4. The lowest BCUT2D eigenvalue weighted by molar-refractivity contribution is 0.0767. The number of amides is 1. The average Bonchev–Trinajstić information content (AvgIpc) is 3.00. The first-order valence-corrected chi connectivity index (χ1v) is 9.97. The first-order valence-electron chi connectivity index (χ1n) is 9.97. The summed E-state index contributed by atoms with van der Waals surface area (Å²) in [6.45, 7) is 7.03. The number of rotatable bonds is 3. The number of hydrogen-bond acceptors (Lipinski definition) is 5. The third-order valence-corrected chi connectivity index (χ3v) is 5.30. The van der Waals surface area contributed by atoms with Gasteiger partial charge in [-0.2, -0.15) is 0 Å². The van der Waals surface area contributed by atoms with E-state index in [4.69, 9.17) is 0 Å². The van der Waals surface area contributed by atoms with E-state index in [1.807, 2.05) is 60.6 Å². The Morgan fingerprint density at radius 2 is 1.79 bits per heavy atom. The molecule has 1 fully saturated rings. The zero-order chi connectivity index (χ0) is 20.2. The van der Waals surface area contributed by atoms with E-state index in [0.29, 0.717) is 23.6 Å². The van der Waals surface area contributed by atoms with Crippen LogP contribution >= 0.6 is 0 Å². The van der Waals surface area contributed by atoms with E-state index in [9.17, 15) is 4.79 Å².